The number of nitriles is 2. The summed E-state index contributed by atoms with van der Waals surface area (Å²) in [6, 6.07) is 18.5. The molecule has 136 valence electrons. The maximum Gasteiger partial charge on any atom is 0.236 e. The van der Waals surface area contributed by atoms with Crippen molar-refractivity contribution in [2.45, 2.75) is 0 Å². The maximum atomic E-state index is 12.6. The molecule has 0 aliphatic carbocycles. The summed E-state index contributed by atoms with van der Waals surface area (Å²) in [7, 11) is -3.52. The SMILES string of the molecule is N#Cc1cccc(C#N)c1N1CCN(S(=O)(=O)/C=C/c2ccccc2)CC1. The minimum atomic E-state index is -3.52. The van der Waals surface area contributed by atoms with Gasteiger partial charge in [0.15, 0.2) is 0 Å². The second-order valence-electron chi connectivity index (χ2n) is 6.07. The fraction of sp³-hybridized carbons (Fsp3) is 0.200. The fourth-order valence-electron chi connectivity index (χ4n) is 3.05. The number of piperazine rings is 1. The van der Waals surface area contributed by atoms with Gasteiger partial charge in [-0.1, -0.05) is 36.4 Å². The van der Waals surface area contributed by atoms with E-state index >= 15 is 0 Å². The molecule has 0 N–H and O–H groups in total. The molecule has 7 heteroatoms. The highest BCUT2D eigenvalue weighted by Gasteiger charge is 2.27. The quantitative estimate of drug-likeness (QED) is 0.816. The number of para-hydroxylation sites is 1. The molecule has 0 saturated carbocycles. The number of nitrogens with zero attached hydrogens (tertiary/aromatic N) is 4. The van der Waals surface area contributed by atoms with Gasteiger partial charge in [-0.2, -0.15) is 14.8 Å². The molecule has 0 aromatic heterocycles. The number of hydrogen-bond donors (Lipinski definition) is 0. The lowest BCUT2D eigenvalue weighted by atomic mass is 10.1. The van der Waals surface area contributed by atoms with Gasteiger partial charge in [-0.05, 0) is 23.8 Å². The van der Waals surface area contributed by atoms with Crippen molar-refractivity contribution < 1.29 is 8.42 Å². The standard InChI is InChI=1S/C20H18N4O2S/c21-15-18-7-4-8-19(16-22)20(18)23-10-12-24(13-11-23)27(25,26)14-9-17-5-2-1-3-6-17/h1-9,14H,10-13H2/b14-9+. The van der Waals surface area contributed by atoms with Gasteiger partial charge in [0.1, 0.15) is 12.1 Å². The number of hydrogen-bond acceptors (Lipinski definition) is 5. The summed E-state index contributed by atoms with van der Waals surface area (Å²) >= 11 is 0. The molecule has 2 aromatic rings. The van der Waals surface area contributed by atoms with Crippen molar-refractivity contribution in [3.05, 3.63) is 70.6 Å². The van der Waals surface area contributed by atoms with Gasteiger partial charge in [0, 0.05) is 31.6 Å². The van der Waals surface area contributed by atoms with Gasteiger partial charge >= 0.3 is 0 Å². The van der Waals surface area contributed by atoms with E-state index in [1.165, 1.54) is 9.71 Å². The summed E-state index contributed by atoms with van der Waals surface area (Å²) in [5.74, 6) is 0. The van der Waals surface area contributed by atoms with E-state index < -0.39 is 10.0 Å². The summed E-state index contributed by atoms with van der Waals surface area (Å²) in [6.07, 6.45) is 1.58. The van der Waals surface area contributed by atoms with Gasteiger partial charge < -0.3 is 4.90 Å². The van der Waals surface area contributed by atoms with E-state index in [4.69, 9.17) is 0 Å². The molecule has 1 heterocycles. The maximum absolute atomic E-state index is 12.6. The van der Waals surface area contributed by atoms with E-state index in [0.717, 1.165) is 5.56 Å². The predicted molar refractivity (Wildman–Crippen MR) is 104 cm³/mol. The minimum absolute atomic E-state index is 0.298. The van der Waals surface area contributed by atoms with Crippen molar-refractivity contribution in [2.24, 2.45) is 0 Å². The summed E-state index contributed by atoms with van der Waals surface area (Å²) in [5, 5.41) is 19.9. The molecule has 27 heavy (non-hydrogen) atoms. The van der Waals surface area contributed by atoms with Crippen molar-refractivity contribution in [1.82, 2.24) is 4.31 Å². The molecule has 1 aliphatic heterocycles. The fourth-order valence-corrected chi connectivity index (χ4v) is 4.22. The molecule has 3 rings (SSSR count). The van der Waals surface area contributed by atoms with Crippen LogP contribution >= 0.6 is 0 Å². The lowest BCUT2D eigenvalue weighted by Gasteiger charge is -2.35. The van der Waals surface area contributed by atoms with E-state index in [2.05, 4.69) is 12.1 Å². The van der Waals surface area contributed by atoms with Crippen LogP contribution in [0.3, 0.4) is 0 Å². The van der Waals surface area contributed by atoms with Crippen LogP contribution in [-0.4, -0.2) is 38.9 Å². The monoisotopic (exact) mass is 378 g/mol. The first-order valence-corrected chi connectivity index (χ1v) is 9.97. The highest BCUT2D eigenvalue weighted by molar-refractivity contribution is 7.92. The van der Waals surface area contributed by atoms with Crippen LogP contribution in [0, 0.1) is 22.7 Å². The molecule has 0 bridgehead atoms. The Morgan fingerprint density at radius 2 is 1.44 bits per heavy atom. The van der Waals surface area contributed by atoms with Crippen LogP contribution < -0.4 is 4.90 Å². The molecule has 0 spiro atoms. The van der Waals surface area contributed by atoms with E-state index in [0.29, 0.717) is 43.0 Å². The van der Waals surface area contributed by atoms with E-state index in [-0.39, 0.29) is 0 Å². The first-order valence-electron chi connectivity index (χ1n) is 8.46. The van der Waals surface area contributed by atoms with Crippen LogP contribution in [0.15, 0.2) is 53.9 Å². The lowest BCUT2D eigenvalue weighted by molar-refractivity contribution is 0.390. The normalized spacial score (nSPS) is 15.4. The zero-order valence-corrected chi connectivity index (χ0v) is 15.4. The highest BCUT2D eigenvalue weighted by atomic mass is 32.2. The van der Waals surface area contributed by atoms with Gasteiger partial charge in [-0.3, -0.25) is 0 Å². The Morgan fingerprint density at radius 1 is 0.852 bits per heavy atom. The number of rotatable bonds is 4. The lowest BCUT2D eigenvalue weighted by Crippen LogP contribution is -2.48. The van der Waals surface area contributed by atoms with Crippen LogP contribution in [0.25, 0.3) is 6.08 Å². The summed E-state index contributed by atoms with van der Waals surface area (Å²) in [4.78, 5) is 1.91. The average Bonchev–Trinajstić information content (AvgIpc) is 2.72. The first-order chi connectivity index (χ1) is 13.0. The van der Waals surface area contributed by atoms with Gasteiger partial charge in [0.05, 0.1) is 16.8 Å². The molecular formula is C20H18N4O2S. The molecule has 0 unspecified atom stereocenters. The van der Waals surface area contributed by atoms with Crippen LogP contribution in [0.2, 0.25) is 0 Å². The van der Waals surface area contributed by atoms with Gasteiger partial charge in [-0.15, -0.1) is 0 Å². The number of anilines is 1. The zero-order chi connectivity index (χ0) is 19.3. The molecule has 0 radical (unpaired) electrons. The smallest absolute Gasteiger partial charge is 0.236 e. The third-order valence-corrected chi connectivity index (χ3v) is 5.99. The van der Waals surface area contributed by atoms with Gasteiger partial charge in [0.2, 0.25) is 10.0 Å². The number of sulfonamides is 1. The highest BCUT2D eigenvalue weighted by Crippen LogP contribution is 2.26. The Labute approximate surface area is 159 Å². The molecular weight excluding hydrogens is 360 g/mol. The Kier molecular flexibility index (Phi) is 5.56. The molecule has 0 amide bonds. The largest absolute Gasteiger partial charge is 0.367 e. The second-order valence-corrected chi connectivity index (χ2v) is 7.89. The van der Waals surface area contributed by atoms with Crippen LogP contribution in [0.1, 0.15) is 16.7 Å². The molecule has 1 fully saturated rings. The van der Waals surface area contributed by atoms with Crippen molar-refractivity contribution in [3.63, 3.8) is 0 Å². The van der Waals surface area contributed by atoms with Crippen molar-refractivity contribution in [1.29, 1.82) is 10.5 Å². The van der Waals surface area contributed by atoms with Gasteiger partial charge in [-0.25, -0.2) is 8.42 Å². The third kappa shape index (κ3) is 4.17. The Balaban J connectivity index is 1.74. The van der Waals surface area contributed by atoms with Crippen LogP contribution in [-0.2, 0) is 10.0 Å². The summed E-state index contributed by atoms with van der Waals surface area (Å²) in [5.41, 5.74) is 2.25. The number of benzene rings is 2. The predicted octanol–water partition coefficient (Wildman–Crippen LogP) is 2.55. The summed E-state index contributed by atoms with van der Waals surface area (Å²) < 4.78 is 26.5. The van der Waals surface area contributed by atoms with E-state index in [1.807, 2.05) is 35.2 Å². The van der Waals surface area contributed by atoms with Gasteiger partial charge in [0.25, 0.3) is 0 Å². The Bertz CT molecular complexity index is 994. The molecule has 1 aliphatic rings. The van der Waals surface area contributed by atoms with Crippen molar-refractivity contribution >= 4 is 21.8 Å². The molecule has 6 nitrogen and oxygen atoms in total. The summed E-state index contributed by atoms with van der Waals surface area (Å²) in [6.45, 7) is 1.44. The first kappa shape index (κ1) is 18.7. The minimum Gasteiger partial charge on any atom is -0.367 e. The second kappa shape index (κ2) is 8.05. The average molecular weight is 378 g/mol. The van der Waals surface area contributed by atoms with Crippen molar-refractivity contribution in [2.75, 3.05) is 31.1 Å². The zero-order valence-electron chi connectivity index (χ0n) is 14.6. The Hall–Kier alpha value is -3.13. The van der Waals surface area contributed by atoms with Crippen LogP contribution in [0.5, 0.6) is 0 Å². The Morgan fingerprint density at radius 3 is 2.00 bits per heavy atom. The molecule has 2 aromatic carbocycles. The van der Waals surface area contributed by atoms with E-state index in [9.17, 15) is 18.9 Å². The van der Waals surface area contributed by atoms with Crippen molar-refractivity contribution in [3.8, 4) is 12.1 Å². The topological polar surface area (TPSA) is 88.2 Å². The molecule has 1 saturated heterocycles. The third-order valence-electron chi connectivity index (χ3n) is 4.42. The molecule has 0 atom stereocenters. The van der Waals surface area contributed by atoms with E-state index in [1.54, 1.807) is 24.3 Å². The van der Waals surface area contributed by atoms with Crippen LogP contribution in [0.4, 0.5) is 5.69 Å².